The number of guanidine groups is 1. The number of rotatable bonds is 9. The van der Waals surface area contributed by atoms with Crippen LogP contribution in [0.5, 0.6) is 0 Å². The summed E-state index contributed by atoms with van der Waals surface area (Å²) in [5, 5.41) is 8.65. The highest BCUT2D eigenvalue weighted by Crippen LogP contribution is 2.09. The molecule has 162 valence electrons. The number of carbonyl (C=O) groups excluding carboxylic acids is 2. The SMILES string of the molecule is CN(C)C(=O)CN=C(NCCc1cccc(C(=O)N(C)C)c1)NCCc1cccs1. The molecule has 1 heterocycles. The summed E-state index contributed by atoms with van der Waals surface area (Å²) in [6.45, 7) is 1.46. The lowest BCUT2D eigenvalue weighted by Crippen LogP contribution is -2.40. The minimum absolute atomic E-state index is 0.00972. The maximum absolute atomic E-state index is 12.1. The number of amides is 2. The summed E-state index contributed by atoms with van der Waals surface area (Å²) in [6, 6.07) is 11.8. The number of hydrogen-bond donors (Lipinski definition) is 2. The summed E-state index contributed by atoms with van der Waals surface area (Å²) in [5.41, 5.74) is 1.74. The molecule has 2 amide bonds. The minimum Gasteiger partial charge on any atom is -0.356 e. The third kappa shape index (κ3) is 7.87. The predicted molar refractivity (Wildman–Crippen MR) is 123 cm³/mol. The average molecular weight is 430 g/mol. The molecule has 8 heteroatoms. The highest BCUT2D eigenvalue weighted by atomic mass is 32.1. The summed E-state index contributed by atoms with van der Waals surface area (Å²) in [7, 11) is 6.93. The van der Waals surface area contributed by atoms with Crippen LogP contribution in [0.4, 0.5) is 0 Å². The minimum atomic E-state index is -0.0516. The van der Waals surface area contributed by atoms with E-state index in [0.29, 0.717) is 18.1 Å². The van der Waals surface area contributed by atoms with Crippen LogP contribution in [0.25, 0.3) is 0 Å². The molecule has 0 unspecified atom stereocenters. The zero-order valence-corrected chi connectivity index (χ0v) is 19.0. The molecular formula is C22H31N5O2S. The van der Waals surface area contributed by atoms with Gasteiger partial charge < -0.3 is 20.4 Å². The molecule has 0 spiro atoms. The van der Waals surface area contributed by atoms with Gasteiger partial charge in [0.25, 0.3) is 5.91 Å². The fourth-order valence-electron chi connectivity index (χ4n) is 2.66. The van der Waals surface area contributed by atoms with E-state index in [-0.39, 0.29) is 18.4 Å². The standard InChI is InChI=1S/C22H31N5O2S/c1-26(2)20(28)16-25-22(24-13-11-19-9-6-14-30-19)23-12-10-17-7-5-8-18(15-17)21(29)27(3)4/h5-9,14-15H,10-13,16H2,1-4H3,(H2,23,24,25). The van der Waals surface area contributed by atoms with Crippen LogP contribution in [0.3, 0.4) is 0 Å². The van der Waals surface area contributed by atoms with Gasteiger partial charge in [-0.1, -0.05) is 18.2 Å². The number of nitrogens with zero attached hydrogens (tertiary/aromatic N) is 3. The van der Waals surface area contributed by atoms with Crippen molar-refractivity contribution in [1.29, 1.82) is 0 Å². The number of benzene rings is 1. The largest absolute Gasteiger partial charge is 0.356 e. The molecule has 0 saturated carbocycles. The Morgan fingerprint density at radius 3 is 2.33 bits per heavy atom. The first kappa shape index (κ1) is 23.4. The number of nitrogens with one attached hydrogen (secondary N) is 2. The van der Waals surface area contributed by atoms with Crippen molar-refractivity contribution in [3.8, 4) is 0 Å². The summed E-state index contributed by atoms with van der Waals surface area (Å²) in [6.07, 6.45) is 1.64. The third-order valence-corrected chi connectivity index (χ3v) is 5.34. The molecular weight excluding hydrogens is 398 g/mol. The van der Waals surface area contributed by atoms with Gasteiger partial charge in [0, 0.05) is 51.7 Å². The molecule has 30 heavy (non-hydrogen) atoms. The fourth-order valence-corrected chi connectivity index (χ4v) is 3.37. The van der Waals surface area contributed by atoms with Gasteiger partial charge in [-0.3, -0.25) is 9.59 Å². The van der Waals surface area contributed by atoms with E-state index in [4.69, 9.17) is 0 Å². The molecule has 7 nitrogen and oxygen atoms in total. The van der Waals surface area contributed by atoms with Crippen LogP contribution >= 0.6 is 11.3 Å². The Morgan fingerprint density at radius 2 is 1.70 bits per heavy atom. The van der Waals surface area contributed by atoms with E-state index in [2.05, 4.69) is 27.1 Å². The molecule has 0 atom stereocenters. The monoisotopic (exact) mass is 429 g/mol. The molecule has 1 aromatic carbocycles. The first-order valence-electron chi connectivity index (χ1n) is 9.92. The lowest BCUT2D eigenvalue weighted by molar-refractivity contribution is -0.127. The maximum atomic E-state index is 12.1. The number of thiophene rings is 1. The van der Waals surface area contributed by atoms with Gasteiger partial charge >= 0.3 is 0 Å². The zero-order valence-electron chi connectivity index (χ0n) is 18.1. The lowest BCUT2D eigenvalue weighted by atomic mass is 10.1. The van der Waals surface area contributed by atoms with Gasteiger partial charge in [-0.05, 0) is 42.0 Å². The fraction of sp³-hybridized carbons (Fsp3) is 0.409. The number of likely N-dealkylation sites (N-methyl/N-ethyl adjacent to an activating group) is 1. The summed E-state index contributed by atoms with van der Waals surface area (Å²) in [5.74, 6) is 0.552. The molecule has 1 aromatic heterocycles. The van der Waals surface area contributed by atoms with Crippen LogP contribution in [-0.2, 0) is 17.6 Å². The highest BCUT2D eigenvalue weighted by molar-refractivity contribution is 7.09. The molecule has 0 saturated heterocycles. The normalized spacial score (nSPS) is 11.1. The van der Waals surface area contributed by atoms with E-state index >= 15 is 0 Å². The summed E-state index contributed by atoms with van der Waals surface area (Å²) < 4.78 is 0. The van der Waals surface area contributed by atoms with Crippen LogP contribution in [0.2, 0.25) is 0 Å². The van der Waals surface area contributed by atoms with Gasteiger partial charge in [0.1, 0.15) is 6.54 Å². The second-order valence-electron chi connectivity index (χ2n) is 7.29. The number of aliphatic imine (C=N–C) groups is 1. The van der Waals surface area contributed by atoms with Gasteiger partial charge in [-0.15, -0.1) is 11.3 Å². The Kier molecular flexibility index (Phi) is 9.34. The van der Waals surface area contributed by atoms with Crippen LogP contribution in [0.15, 0.2) is 46.8 Å². The van der Waals surface area contributed by atoms with E-state index in [1.807, 2.05) is 30.3 Å². The smallest absolute Gasteiger partial charge is 0.253 e. The van der Waals surface area contributed by atoms with Crippen molar-refractivity contribution in [2.75, 3.05) is 47.8 Å². The Labute approximate surface area is 182 Å². The molecule has 0 fully saturated rings. The van der Waals surface area contributed by atoms with E-state index in [9.17, 15) is 9.59 Å². The number of hydrogen-bond acceptors (Lipinski definition) is 4. The predicted octanol–water partition coefficient (Wildman–Crippen LogP) is 1.86. The van der Waals surface area contributed by atoms with Crippen molar-refractivity contribution in [3.63, 3.8) is 0 Å². The zero-order chi connectivity index (χ0) is 21.9. The van der Waals surface area contributed by atoms with Crippen molar-refractivity contribution in [2.45, 2.75) is 12.8 Å². The molecule has 2 N–H and O–H groups in total. The molecule has 0 aliphatic carbocycles. The average Bonchev–Trinajstić information content (AvgIpc) is 3.24. The molecule has 0 aliphatic rings. The van der Waals surface area contributed by atoms with E-state index < -0.39 is 0 Å². The first-order valence-corrected chi connectivity index (χ1v) is 10.8. The van der Waals surface area contributed by atoms with Crippen molar-refractivity contribution in [1.82, 2.24) is 20.4 Å². The molecule has 0 radical (unpaired) electrons. The number of carbonyl (C=O) groups is 2. The Balaban J connectivity index is 1.92. The van der Waals surface area contributed by atoms with Crippen LogP contribution in [0.1, 0.15) is 20.8 Å². The van der Waals surface area contributed by atoms with Crippen LogP contribution in [-0.4, -0.2) is 75.4 Å². The van der Waals surface area contributed by atoms with Crippen molar-refractivity contribution < 1.29 is 9.59 Å². The molecule has 2 rings (SSSR count). The Hall–Kier alpha value is -2.87. The second kappa shape index (κ2) is 12.0. The van der Waals surface area contributed by atoms with E-state index in [0.717, 1.165) is 24.9 Å². The van der Waals surface area contributed by atoms with Gasteiger partial charge in [-0.2, -0.15) is 0 Å². The molecule has 0 bridgehead atoms. The van der Waals surface area contributed by atoms with Crippen molar-refractivity contribution >= 4 is 29.1 Å². The van der Waals surface area contributed by atoms with Gasteiger partial charge in [-0.25, -0.2) is 4.99 Å². The third-order valence-electron chi connectivity index (χ3n) is 4.40. The topological polar surface area (TPSA) is 77.0 Å². The van der Waals surface area contributed by atoms with Gasteiger partial charge in [0.05, 0.1) is 0 Å². The lowest BCUT2D eigenvalue weighted by Gasteiger charge is -2.14. The van der Waals surface area contributed by atoms with Crippen molar-refractivity contribution in [3.05, 3.63) is 57.8 Å². The maximum Gasteiger partial charge on any atom is 0.253 e. The van der Waals surface area contributed by atoms with E-state index in [1.165, 1.54) is 9.78 Å². The molecule has 2 aromatic rings. The van der Waals surface area contributed by atoms with Crippen molar-refractivity contribution in [2.24, 2.45) is 4.99 Å². The Bertz CT molecular complexity index is 847. The quantitative estimate of drug-likeness (QED) is 0.471. The van der Waals surface area contributed by atoms with Gasteiger partial charge in [0.2, 0.25) is 5.91 Å². The van der Waals surface area contributed by atoms with Crippen LogP contribution < -0.4 is 10.6 Å². The van der Waals surface area contributed by atoms with E-state index in [1.54, 1.807) is 44.4 Å². The summed E-state index contributed by atoms with van der Waals surface area (Å²) >= 11 is 1.73. The Morgan fingerprint density at radius 1 is 0.967 bits per heavy atom. The van der Waals surface area contributed by atoms with Gasteiger partial charge in [0.15, 0.2) is 5.96 Å². The first-order chi connectivity index (χ1) is 14.4. The second-order valence-corrected chi connectivity index (χ2v) is 8.32. The molecule has 0 aliphatic heterocycles. The highest BCUT2D eigenvalue weighted by Gasteiger charge is 2.09. The summed E-state index contributed by atoms with van der Waals surface area (Å²) in [4.78, 5) is 32.8. The van der Waals surface area contributed by atoms with Crippen LogP contribution in [0, 0.1) is 0 Å².